The highest BCUT2D eigenvalue weighted by Gasteiger charge is 2.21. The van der Waals surface area contributed by atoms with E-state index in [1.54, 1.807) is 30.3 Å². The lowest BCUT2D eigenvalue weighted by Gasteiger charge is -2.12. The summed E-state index contributed by atoms with van der Waals surface area (Å²) in [5, 5.41) is 2.60. The lowest BCUT2D eigenvalue weighted by molar-refractivity contribution is -0.123. The number of esters is 1. The Balaban J connectivity index is 1.94. The van der Waals surface area contributed by atoms with Crippen molar-refractivity contribution in [1.82, 2.24) is 0 Å². The average Bonchev–Trinajstić information content (AvgIpc) is 2.94. The molecular weight excluding hydrogens is 366 g/mol. The molecule has 0 aliphatic rings. The number of anilines is 1. The average molecular weight is 380 g/mol. The second-order valence-corrected chi connectivity index (χ2v) is 5.56. The maximum Gasteiger partial charge on any atom is 0.375 e. The Kier molecular flexibility index (Phi) is 5.33. The molecule has 1 aromatic carbocycles. The van der Waals surface area contributed by atoms with Gasteiger partial charge in [-0.2, -0.15) is 0 Å². The van der Waals surface area contributed by atoms with Gasteiger partial charge in [-0.15, -0.1) is 0 Å². The van der Waals surface area contributed by atoms with E-state index >= 15 is 0 Å². The van der Waals surface area contributed by atoms with E-state index in [1.807, 2.05) is 0 Å². The molecule has 0 spiro atoms. The third-order valence-electron chi connectivity index (χ3n) is 2.99. The first-order valence-electron chi connectivity index (χ1n) is 6.75. The third kappa shape index (κ3) is 4.53. The molecule has 1 atom stereocenters. The lowest BCUT2D eigenvalue weighted by atomic mass is 10.1. The largest absolute Gasteiger partial charge is 0.447 e. The fourth-order valence-corrected chi connectivity index (χ4v) is 2.03. The van der Waals surface area contributed by atoms with Crippen molar-refractivity contribution in [2.24, 2.45) is 0 Å². The lowest BCUT2D eigenvalue weighted by Crippen LogP contribution is -2.29. The molecule has 0 radical (unpaired) electrons. The first-order valence-corrected chi connectivity index (χ1v) is 7.54. The molecule has 120 valence electrons. The minimum Gasteiger partial charge on any atom is -0.447 e. The van der Waals surface area contributed by atoms with Crippen LogP contribution in [0.5, 0.6) is 0 Å². The van der Waals surface area contributed by atoms with Crippen LogP contribution in [0, 0.1) is 0 Å². The quantitative estimate of drug-likeness (QED) is 0.635. The first kappa shape index (κ1) is 17.0. The molecule has 0 saturated heterocycles. The van der Waals surface area contributed by atoms with Crippen LogP contribution in [0.3, 0.4) is 0 Å². The van der Waals surface area contributed by atoms with Gasteiger partial charge in [0.15, 0.2) is 16.6 Å². The van der Waals surface area contributed by atoms with Gasteiger partial charge in [-0.05, 0) is 66.2 Å². The Labute approximate surface area is 140 Å². The van der Waals surface area contributed by atoms with Gasteiger partial charge in [0.1, 0.15) is 0 Å². The van der Waals surface area contributed by atoms with Crippen LogP contribution < -0.4 is 5.32 Å². The summed E-state index contributed by atoms with van der Waals surface area (Å²) in [6, 6.07) is 9.42. The number of hydrogen-bond donors (Lipinski definition) is 1. The van der Waals surface area contributed by atoms with E-state index in [1.165, 1.54) is 19.9 Å². The number of hydrogen-bond acceptors (Lipinski definition) is 5. The minimum absolute atomic E-state index is 0.00216. The van der Waals surface area contributed by atoms with E-state index < -0.39 is 18.0 Å². The van der Waals surface area contributed by atoms with Gasteiger partial charge in [-0.3, -0.25) is 9.59 Å². The Morgan fingerprint density at radius 1 is 1.13 bits per heavy atom. The molecule has 2 aromatic rings. The normalized spacial score (nSPS) is 11.6. The Hall–Kier alpha value is -2.41. The monoisotopic (exact) mass is 379 g/mol. The molecule has 0 fully saturated rings. The van der Waals surface area contributed by atoms with Gasteiger partial charge in [-0.1, -0.05) is 0 Å². The SMILES string of the molecule is CC(=O)c1ccc(NC(=O)[C@H](C)OC(=O)c2ccc(Br)o2)cc1. The molecule has 0 unspecified atom stereocenters. The maximum absolute atomic E-state index is 12.0. The third-order valence-corrected chi connectivity index (χ3v) is 3.41. The molecule has 1 aromatic heterocycles. The molecule has 1 heterocycles. The number of ether oxygens (including phenoxy) is 1. The molecule has 6 nitrogen and oxygen atoms in total. The second-order valence-electron chi connectivity index (χ2n) is 4.77. The van der Waals surface area contributed by atoms with Crippen molar-refractivity contribution in [3.8, 4) is 0 Å². The van der Waals surface area contributed by atoms with Gasteiger partial charge in [0, 0.05) is 11.3 Å². The maximum atomic E-state index is 12.0. The van der Waals surface area contributed by atoms with E-state index in [0.29, 0.717) is 15.9 Å². The number of nitrogens with one attached hydrogen (secondary N) is 1. The van der Waals surface area contributed by atoms with Crippen LogP contribution in [0.2, 0.25) is 0 Å². The van der Waals surface area contributed by atoms with E-state index in [2.05, 4.69) is 21.2 Å². The van der Waals surface area contributed by atoms with Crippen molar-refractivity contribution >= 4 is 39.3 Å². The van der Waals surface area contributed by atoms with Crippen molar-refractivity contribution in [2.45, 2.75) is 20.0 Å². The van der Waals surface area contributed by atoms with Gasteiger partial charge < -0.3 is 14.5 Å². The molecule has 7 heteroatoms. The summed E-state index contributed by atoms with van der Waals surface area (Å²) < 4.78 is 10.5. The molecule has 0 bridgehead atoms. The van der Waals surface area contributed by atoms with Crippen LogP contribution in [0.1, 0.15) is 34.8 Å². The molecule has 0 aliphatic carbocycles. The highest BCUT2D eigenvalue weighted by Crippen LogP contribution is 2.16. The molecule has 1 N–H and O–H groups in total. The van der Waals surface area contributed by atoms with Crippen molar-refractivity contribution in [2.75, 3.05) is 5.32 Å². The summed E-state index contributed by atoms with van der Waals surface area (Å²) in [7, 11) is 0. The fourth-order valence-electron chi connectivity index (χ4n) is 1.73. The van der Waals surface area contributed by atoms with E-state index in [9.17, 15) is 14.4 Å². The summed E-state index contributed by atoms with van der Waals surface area (Å²) in [5.41, 5.74) is 1.05. The predicted molar refractivity (Wildman–Crippen MR) is 86.4 cm³/mol. The van der Waals surface area contributed by atoms with Gasteiger partial charge in [0.25, 0.3) is 5.91 Å². The van der Waals surface area contributed by atoms with Crippen molar-refractivity contribution < 1.29 is 23.5 Å². The van der Waals surface area contributed by atoms with Gasteiger partial charge in [0.2, 0.25) is 5.76 Å². The van der Waals surface area contributed by atoms with Crippen LogP contribution in [0.4, 0.5) is 5.69 Å². The zero-order chi connectivity index (χ0) is 17.0. The number of ketones is 1. The summed E-state index contributed by atoms with van der Waals surface area (Å²) in [6.45, 7) is 2.91. The number of carbonyl (C=O) groups excluding carboxylic acids is 3. The number of benzene rings is 1. The van der Waals surface area contributed by atoms with Crippen LogP contribution >= 0.6 is 15.9 Å². The molecule has 0 saturated carbocycles. The molecule has 2 rings (SSSR count). The topological polar surface area (TPSA) is 85.6 Å². The fraction of sp³-hybridized carbons (Fsp3) is 0.188. The van der Waals surface area contributed by atoms with Crippen LogP contribution in [-0.4, -0.2) is 23.8 Å². The number of amides is 1. The van der Waals surface area contributed by atoms with E-state index in [4.69, 9.17) is 9.15 Å². The van der Waals surface area contributed by atoms with Crippen LogP contribution in [0.15, 0.2) is 45.5 Å². The predicted octanol–water partition coefficient (Wildman–Crippen LogP) is 3.43. The van der Waals surface area contributed by atoms with Gasteiger partial charge in [-0.25, -0.2) is 4.79 Å². The summed E-state index contributed by atoms with van der Waals surface area (Å²) >= 11 is 3.08. The smallest absolute Gasteiger partial charge is 0.375 e. The van der Waals surface area contributed by atoms with E-state index in [0.717, 1.165) is 0 Å². The number of halogens is 1. The van der Waals surface area contributed by atoms with Crippen molar-refractivity contribution in [3.05, 3.63) is 52.4 Å². The summed E-state index contributed by atoms with van der Waals surface area (Å²) in [5.74, 6) is -1.28. The Morgan fingerprint density at radius 2 is 1.78 bits per heavy atom. The van der Waals surface area contributed by atoms with Crippen LogP contribution in [-0.2, 0) is 9.53 Å². The molecule has 1 amide bonds. The Morgan fingerprint density at radius 3 is 2.30 bits per heavy atom. The number of furan rings is 1. The molecule has 23 heavy (non-hydrogen) atoms. The second kappa shape index (κ2) is 7.23. The zero-order valence-corrected chi connectivity index (χ0v) is 14.0. The first-order chi connectivity index (χ1) is 10.9. The van der Waals surface area contributed by atoms with Crippen molar-refractivity contribution in [3.63, 3.8) is 0 Å². The van der Waals surface area contributed by atoms with Gasteiger partial charge >= 0.3 is 5.97 Å². The number of Topliss-reactive ketones (excluding diaryl/α,β-unsaturated/α-hetero) is 1. The minimum atomic E-state index is -1.00. The highest BCUT2D eigenvalue weighted by atomic mass is 79.9. The molecular formula is C16H14BrNO5. The number of carbonyl (C=O) groups is 3. The van der Waals surface area contributed by atoms with Crippen molar-refractivity contribution in [1.29, 1.82) is 0 Å². The highest BCUT2D eigenvalue weighted by molar-refractivity contribution is 9.10. The number of rotatable bonds is 5. The summed E-state index contributed by atoms with van der Waals surface area (Å²) in [4.78, 5) is 35.0. The van der Waals surface area contributed by atoms with Gasteiger partial charge in [0.05, 0.1) is 0 Å². The summed E-state index contributed by atoms with van der Waals surface area (Å²) in [6.07, 6.45) is -1.00. The standard InChI is InChI=1S/C16H14BrNO5/c1-9(19)11-3-5-12(6-4-11)18-15(20)10(2)22-16(21)13-7-8-14(17)23-13/h3-8,10H,1-2H3,(H,18,20)/t10-/m0/s1. The van der Waals surface area contributed by atoms with Crippen LogP contribution in [0.25, 0.3) is 0 Å². The molecule has 0 aliphatic heterocycles. The van der Waals surface area contributed by atoms with E-state index in [-0.39, 0.29) is 11.5 Å². The zero-order valence-electron chi connectivity index (χ0n) is 12.5. The Bertz CT molecular complexity index is 735.